The smallest absolute Gasteiger partial charge is 0.183 e. The molecule has 0 aliphatic rings. The van der Waals surface area contributed by atoms with E-state index < -0.39 is 8.32 Å². The lowest BCUT2D eigenvalue weighted by Crippen LogP contribution is -2.25. The summed E-state index contributed by atoms with van der Waals surface area (Å²) >= 11 is 0. The van der Waals surface area contributed by atoms with Crippen LogP contribution in [0.25, 0.3) is 0 Å². The van der Waals surface area contributed by atoms with Crippen molar-refractivity contribution in [1.29, 1.82) is 0 Å². The quantitative estimate of drug-likeness (QED) is 0.489. The molecule has 0 bridgehead atoms. The Balaban J connectivity index is 3.15. The first kappa shape index (κ1) is 7.39. The number of hydrogen-bond acceptors (Lipinski definition) is 1. The van der Waals surface area contributed by atoms with Crippen LogP contribution in [0.15, 0.2) is 0 Å². The molecular formula is C4H14OSi2. The SMILES string of the molecule is C[Si](C)(C)OC[SiH3]. The molecule has 3 heteroatoms. The van der Waals surface area contributed by atoms with Crippen molar-refractivity contribution in [1.82, 2.24) is 0 Å². The van der Waals surface area contributed by atoms with Gasteiger partial charge in [0.05, 0.1) is 0 Å². The van der Waals surface area contributed by atoms with Crippen LogP contribution in [0, 0.1) is 0 Å². The molecule has 0 heterocycles. The van der Waals surface area contributed by atoms with Gasteiger partial charge in [-0.15, -0.1) is 0 Å². The molecule has 0 aliphatic heterocycles. The van der Waals surface area contributed by atoms with E-state index >= 15 is 0 Å². The van der Waals surface area contributed by atoms with Gasteiger partial charge in [-0.2, -0.15) is 0 Å². The maximum Gasteiger partial charge on any atom is 0.183 e. The maximum absolute atomic E-state index is 5.43. The molecule has 0 aliphatic carbocycles. The average Bonchev–Trinajstić information content (AvgIpc) is 1.30. The molecule has 7 heavy (non-hydrogen) atoms. The first-order chi connectivity index (χ1) is 3.06. The Morgan fingerprint density at radius 1 is 1.43 bits per heavy atom. The van der Waals surface area contributed by atoms with Crippen LogP contribution in [-0.2, 0) is 4.43 Å². The zero-order valence-electron chi connectivity index (χ0n) is 5.62. The van der Waals surface area contributed by atoms with Crippen molar-refractivity contribution in [3.63, 3.8) is 0 Å². The normalized spacial score (nSPS) is 12.4. The molecule has 0 saturated carbocycles. The zero-order chi connectivity index (χ0) is 5.91. The van der Waals surface area contributed by atoms with E-state index in [1.54, 1.807) is 0 Å². The summed E-state index contributed by atoms with van der Waals surface area (Å²) in [5.41, 5.74) is 0. The Hall–Kier alpha value is 0.394. The van der Waals surface area contributed by atoms with E-state index in [2.05, 4.69) is 19.6 Å². The molecule has 0 spiro atoms. The monoisotopic (exact) mass is 134 g/mol. The van der Waals surface area contributed by atoms with E-state index in [-0.39, 0.29) is 0 Å². The summed E-state index contributed by atoms with van der Waals surface area (Å²) in [6.45, 7) is 6.64. The van der Waals surface area contributed by atoms with Gasteiger partial charge in [0.1, 0.15) is 0 Å². The van der Waals surface area contributed by atoms with Crippen LogP contribution in [0.1, 0.15) is 0 Å². The molecule has 0 radical (unpaired) electrons. The predicted molar refractivity (Wildman–Crippen MR) is 39.2 cm³/mol. The van der Waals surface area contributed by atoms with E-state index in [4.69, 9.17) is 4.43 Å². The fourth-order valence-corrected chi connectivity index (χ4v) is 3.90. The average molecular weight is 134 g/mol. The Morgan fingerprint density at radius 3 is 1.86 bits per heavy atom. The van der Waals surface area contributed by atoms with Crippen molar-refractivity contribution in [2.24, 2.45) is 0 Å². The van der Waals surface area contributed by atoms with Crippen molar-refractivity contribution in [2.75, 3.05) is 6.23 Å². The highest BCUT2D eigenvalue weighted by molar-refractivity contribution is 6.69. The molecule has 0 atom stereocenters. The summed E-state index contributed by atoms with van der Waals surface area (Å²) in [6.07, 6.45) is 1.01. The summed E-state index contributed by atoms with van der Waals surface area (Å²) in [7, 11) is 0.0599. The van der Waals surface area contributed by atoms with Crippen LogP contribution in [0.2, 0.25) is 19.6 Å². The fourth-order valence-electron chi connectivity index (χ4n) is 0.433. The zero-order valence-corrected chi connectivity index (χ0v) is 8.62. The second-order valence-electron chi connectivity index (χ2n) is 2.55. The van der Waals surface area contributed by atoms with Crippen LogP contribution in [0.5, 0.6) is 0 Å². The van der Waals surface area contributed by atoms with E-state index in [0.29, 0.717) is 0 Å². The van der Waals surface area contributed by atoms with Gasteiger partial charge in [0, 0.05) is 16.5 Å². The van der Waals surface area contributed by atoms with Crippen LogP contribution in [0.3, 0.4) is 0 Å². The summed E-state index contributed by atoms with van der Waals surface area (Å²) < 4.78 is 5.43. The summed E-state index contributed by atoms with van der Waals surface area (Å²) in [6, 6.07) is 0. The first-order valence-corrected chi connectivity index (χ1v) is 7.52. The molecular weight excluding hydrogens is 120 g/mol. The van der Waals surface area contributed by atoms with Gasteiger partial charge < -0.3 is 4.43 Å². The standard InChI is InChI=1S/C4H14OSi2/c1-7(2,3)5-4-6/h4H2,1-3,6H3. The van der Waals surface area contributed by atoms with Crippen LogP contribution >= 0.6 is 0 Å². The highest BCUT2D eigenvalue weighted by atomic mass is 28.4. The van der Waals surface area contributed by atoms with E-state index in [0.717, 1.165) is 6.23 Å². The van der Waals surface area contributed by atoms with Gasteiger partial charge in [-0.1, -0.05) is 0 Å². The van der Waals surface area contributed by atoms with Gasteiger partial charge in [-0.3, -0.25) is 0 Å². The van der Waals surface area contributed by atoms with Gasteiger partial charge >= 0.3 is 0 Å². The first-order valence-electron chi connectivity index (χ1n) is 2.70. The van der Waals surface area contributed by atoms with Crippen molar-refractivity contribution in [2.45, 2.75) is 19.6 Å². The Labute approximate surface area is 49.6 Å². The van der Waals surface area contributed by atoms with Crippen LogP contribution in [0.4, 0.5) is 0 Å². The second kappa shape index (κ2) is 2.64. The minimum atomic E-state index is -1.12. The highest BCUT2D eigenvalue weighted by Gasteiger charge is 2.11. The molecule has 1 nitrogen and oxygen atoms in total. The largest absolute Gasteiger partial charge is 0.422 e. The number of hydrogen-bond donors (Lipinski definition) is 0. The molecule has 0 aromatic carbocycles. The van der Waals surface area contributed by atoms with Crippen molar-refractivity contribution in [3.8, 4) is 0 Å². The minimum Gasteiger partial charge on any atom is -0.422 e. The third-order valence-corrected chi connectivity index (χ3v) is 2.60. The lowest BCUT2D eigenvalue weighted by molar-refractivity contribution is 0.382. The van der Waals surface area contributed by atoms with E-state index in [1.165, 1.54) is 10.2 Å². The Morgan fingerprint density at radius 2 is 1.86 bits per heavy atom. The third kappa shape index (κ3) is 6.39. The van der Waals surface area contributed by atoms with Crippen molar-refractivity contribution >= 4 is 18.6 Å². The molecule has 0 N–H and O–H groups in total. The van der Waals surface area contributed by atoms with Crippen molar-refractivity contribution in [3.05, 3.63) is 0 Å². The lowest BCUT2D eigenvalue weighted by atomic mass is 11.7. The highest BCUT2D eigenvalue weighted by Crippen LogP contribution is 1.99. The van der Waals surface area contributed by atoms with Gasteiger partial charge in [-0.05, 0) is 19.6 Å². The van der Waals surface area contributed by atoms with Crippen LogP contribution < -0.4 is 0 Å². The molecule has 0 aromatic rings. The van der Waals surface area contributed by atoms with Gasteiger partial charge in [-0.25, -0.2) is 0 Å². The summed E-state index contributed by atoms with van der Waals surface area (Å²) in [4.78, 5) is 0. The molecule has 0 aromatic heterocycles. The van der Waals surface area contributed by atoms with E-state index in [1.807, 2.05) is 0 Å². The Bertz CT molecular complexity index is 48.1. The molecule has 0 unspecified atom stereocenters. The minimum absolute atomic E-state index is 1.01. The molecule has 0 amide bonds. The fraction of sp³-hybridized carbons (Fsp3) is 1.00. The summed E-state index contributed by atoms with van der Waals surface area (Å²) in [5.74, 6) is 0. The van der Waals surface area contributed by atoms with E-state index in [9.17, 15) is 0 Å². The topological polar surface area (TPSA) is 9.23 Å². The molecule has 0 fully saturated rings. The van der Waals surface area contributed by atoms with Gasteiger partial charge in [0.25, 0.3) is 0 Å². The van der Waals surface area contributed by atoms with Gasteiger partial charge in [0.15, 0.2) is 8.32 Å². The van der Waals surface area contributed by atoms with Crippen molar-refractivity contribution < 1.29 is 4.43 Å². The maximum atomic E-state index is 5.43. The lowest BCUT2D eigenvalue weighted by Gasteiger charge is -2.14. The number of rotatable bonds is 2. The van der Waals surface area contributed by atoms with Gasteiger partial charge in [0.2, 0.25) is 0 Å². The Kier molecular flexibility index (Phi) is 2.79. The summed E-state index contributed by atoms with van der Waals surface area (Å²) in [5, 5.41) is 0. The second-order valence-corrected chi connectivity index (χ2v) is 7.64. The molecule has 0 rings (SSSR count). The predicted octanol–water partition coefficient (Wildman–Crippen LogP) is 0.161. The molecule has 0 saturated heterocycles. The van der Waals surface area contributed by atoms with Crippen LogP contribution in [-0.4, -0.2) is 24.8 Å². The molecule has 44 valence electrons. The third-order valence-electron chi connectivity index (χ3n) is 0.577.